The van der Waals surface area contributed by atoms with E-state index in [0.717, 1.165) is 47.9 Å². The van der Waals surface area contributed by atoms with Gasteiger partial charge >= 0.3 is 0 Å². The maximum atomic E-state index is 12.0. The molecule has 0 saturated heterocycles. The van der Waals surface area contributed by atoms with Crippen LogP contribution in [0.5, 0.6) is 0 Å². The predicted molar refractivity (Wildman–Crippen MR) is 124 cm³/mol. The molecule has 3 N–H and O–H groups in total. The minimum absolute atomic E-state index is 0.0655. The maximum Gasteiger partial charge on any atom is 0.255 e. The lowest BCUT2D eigenvalue weighted by Gasteiger charge is -2.15. The average molecular weight is 428 g/mol. The van der Waals surface area contributed by atoms with Crippen molar-refractivity contribution in [1.82, 2.24) is 24.5 Å². The molecule has 0 radical (unpaired) electrons. The number of fused-ring (bicyclic) bond motifs is 1. The number of nitrogens with one attached hydrogen (secondary N) is 3. The number of pyridine rings is 3. The van der Waals surface area contributed by atoms with Gasteiger partial charge < -0.3 is 15.6 Å². The van der Waals surface area contributed by atoms with Crippen molar-refractivity contribution in [2.24, 2.45) is 0 Å². The van der Waals surface area contributed by atoms with Crippen LogP contribution in [0, 0.1) is 0 Å². The van der Waals surface area contributed by atoms with Crippen LogP contribution in [0.2, 0.25) is 0 Å². The number of anilines is 2. The molecule has 0 aliphatic heterocycles. The molecule has 0 bridgehead atoms. The van der Waals surface area contributed by atoms with Crippen molar-refractivity contribution in [2.75, 3.05) is 10.6 Å². The van der Waals surface area contributed by atoms with Crippen LogP contribution in [-0.4, -0.2) is 36.6 Å². The van der Waals surface area contributed by atoms with Gasteiger partial charge in [0.05, 0.1) is 11.9 Å². The molecule has 4 aromatic rings. The lowest BCUT2D eigenvalue weighted by molar-refractivity contribution is 0.718. The minimum Gasteiger partial charge on any atom is -0.367 e. The molecule has 8 nitrogen and oxygen atoms in total. The Hall–Kier alpha value is -3.68. The maximum absolute atomic E-state index is 12.0. The van der Waals surface area contributed by atoms with Gasteiger partial charge in [-0.15, -0.1) is 0 Å². The minimum atomic E-state index is -0.0655. The van der Waals surface area contributed by atoms with Crippen molar-refractivity contribution in [3.63, 3.8) is 0 Å². The van der Waals surface area contributed by atoms with Crippen LogP contribution in [0.1, 0.15) is 43.6 Å². The Balaban J connectivity index is 1.08. The Morgan fingerprint density at radius 3 is 2.62 bits per heavy atom. The first kappa shape index (κ1) is 19.0. The molecular weight excluding hydrogens is 402 g/mol. The molecule has 2 saturated carbocycles. The molecule has 0 amide bonds. The van der Waals surface area contributed by atoms with Gasteiger partial charge in [-0.05, 0) is 67.9 Å². The third kappa shape index (κ3) is 3.84. The van der Waals surface area contributed by atoms with Gasteiger partial charge in [-0.25, -0.2) is 15.0 Å². The predicted octanol–water partition coefficient (Wildman–Crippen LogP) is 3.83. The van der Waals surface area contributed by atoms with Crippen LogP contribution in [0.3, 0.4) is 0 Å². The number of rotatable bonds is 6. The first-order valence-electron chi connectivity index (χ1n) is 11.2. The van der Waals surface area contributed by atoms with Gasteiger partial charge in [0.1, 0.15) is 11.3 Å². The average Bonchev–Trinajstić information content (AvgIpc) is 3.45. The first-order valence-corrected chi connectivity index (χ1v) is 11.2. The smallest absolute Gasteiger partial charge is 0.255 e. The Bertz CT molecular complexity index is 1310. The van der Waals surface area contributed by atoms with Crippen molar-refractivity contribution < 1.29 is 0 Å². The van der Waals surface area contributed by atoms with Crippen LogP contribution in [-0.2, 0) is 0 Å². The Morgan fingerprint density at radius 2 is 1.84 bits per heavy atom. The molecule has 4 aromatic heterocycles. The highest BCUT2D eigenvalue weighted by atomic mass is 16.1. The van der Waals surface area contributed by atoms with E-state index in [1.165, 1.54) is 18.4 Å². The molecule has 32 heavy (non-hydrogen) atoms. The Kier molecular flexibility index (Phi) is 4.63. The van der Waals surface area contributed by atoms with E-state index in [1.807, 2.05) is 24.4 Å². The number of hydrogen-bond donors (Lipinski definition) is 3. The fraction of sp³-hybridized carbons (Fsp3) is 0.333. The third-order valence-electron chi connectivity index (χ3n) is 6.38. The molecule has 4 heterocycles. The number of aromatic nitrogens is 5. The molecule has 6 rings (SSSR count). The van der Waals surface area contributed by atoms with Crippen LogP contribution in [0.4, 0.5) is 11.8 Å². The van der Waals surface area contributed by atoms with E-state index in [-0.39, 0.29) is 5.56 Å². The van der Waals surface area contributed by atoms with Gasteiger partial charge in [0.15, 0.2) is 5.65 Å². The van der Waals surface area contributed by atoms with E-state index in [1.54, 1.807) is 29.1 Å². The largest absolute Gasteiger partial charge is 0.367 e. The lowest BCUT2D eigenvalue weighted by atomic mass is 10.2. The molecule has 8 heteroatoms. The van der Waals surface area contributed by atoms with Gasteiger partial charge in [-0.3, -0.25) is 9.36 Å². The number of imidazole rings is 1. The van der Waals surface area contributed by atoms with Crippen LogP contribution in [0.15, 0.2) is 59.8 Å². The van der Waals surface area contributed by atoms with Crippen molar-refractivity contribution >= 4 is 22.9 Å². The second-order valence-corrected chi connectivity index (χ2v) is 8.80. The summed E-state index contributed by atoms with van der Waals surface area (Å²) < 4.78 is 1.59. The number of H-pyrrole nitrogens is 1. The van der Waals surface area contributed by atoms with E-state index in [4.69, 9.17) is 4.98 Å². The highest BCUT2D eigenvalue weighted by Gasteiger charge is 2.26. The van der Waals surface area contributed by atoms with Gasteiger partial charge in [-0.1, -0.05) is 6.07 Å². The quantitative estimate of drug-likeness (QED) is 0.432. The topological polar surface area (TPSA) is 101 Å². The summed E-state index contributed by atoms with van der Waals surface area (Å²) in [4.78, 5) is 29.0. The highest BCUT2D eigenvalue weighted by Crippen LogP contribution is 2.40. The van der Waals surface area contributed by atoms with Crippen molar-refractivity contribution in [3.05, 3.63) is 70.9 Å². The van der Waals surface area contributed by atoms with E-state index in [2.05, 4.69) is 31.7 Å². The molecule has 0 aromatic carbocycles. The van der Waals surface area contributed by atoms with Crippen LogP contribution in [0.25, 0.3) is 16.9 Å². The zero-order valence-corrected chi connectivity index (χ0v) is 17.7. The molecule has 2 fully saturated rings. The van der Waals surface area contributed by atoms with Gasteiger partial charge in [0.2, 0.25) is 5.95 Å². The summed E-state index contributed by atoms with van der Waals surface area (Å²) >= 11 is 0. The molecule has 2 aliphatic carbocycles. The number of hydrogen-bond acceptors (Lipinski definition) is 6. The van der Waals surface area contributed by atoms with Gasteiger partial charge in [-0.2, -0.15) is 0 Å². The van der Waals surface area contributed by atoms with E-state index in [0.29, 0.717) is 18.0 Å². The zero-order valence-electron chi connectivity index (χ0n) is 17.7. The summed E-state index contributed by atoms with van der Waals surface area (Å²) in [6.45, 7) is 0. The molecule has 2 atom stereocenters. The molecule has 2 aliphatic rings. The SMILES string of the molecule is O=c1ccccn1-c1ccc(N[C@H]2CC[C@H](Nc3nc4cc(C5CC5)cnc4[nH]3)C2)nc1. The molecule has 162 valence electrons. The fourth-order valence-electron chi connectivity index (χ4n) is 4.52. The van der Waals surface area contributed by atoms with Crippen LogP contribution < -0.4 is 16.2 Å². The first-order chi connectivity index (χ1) is 15.7. The molecule has 0 spiro atoms. The third-order valence-corrected chi connectivity index (χ3v) is 6.38. The van der Waals surface area contributed by atoms with Gasteiger partial charge in [0.25, 0.3) is 5.56 Å². The summed E-state index contributed by atoms with van der Waals surface area (Å²) in [5, 5.41) is 7.06. The standard InChI is InChI=1S/C24H25N7O/c32-22-3-1-2-10-31(22)19-8-9-21(25-14-19)27-17-6-7-18(12-17)28-24-29-20-11-16(15-4-5-15)13-26-23(20)30-24/h1-3,8-11,13-15,17-18H,4-7,12H2,(H,25,27)(H2,26,28,29,30)/t17-,18-/m0/s1. The molecular formula is C24H25N7O. The second-order valence-electron chi connectivity index (χ2n) is 8.80. The second kappa shape index (κ2) is 7.78. The normalized spacial score (nSPS) is 20.5. The highest BCUT2D eigenvalue weighted by molar-refractivity contribution is 5.74. The lowest BCUT2D eigenvalue weighted by Crippen LogP contribution is -2.21. The van der Waals surface area contributed by atoms with E-state index < -0.39 is 0 Å². The summed E-state index contributed by atoms with van der Waals surface area (Å²) in [5.74, 6) is 2.30. The summed E-state index contributed by atoms with van der Waals surface area (Å²) in [7, 11) is 0. The monoisotopic (exact) mass is 427 g/mol. The van der Waals surface area contributed by atoms with Crippen LogP contribution >= 0.6 is 0 Å². The van der Waals surface area contributed by atoms with Crippen molar-refractivity contribution in [1.29, 1.82) is 0 Å². The van der Waals surface area contributed by atoms with E-state index in [9.17, 15) is 4.79 Å². The summed E-state index contributed by atoms with van der Waals surface area (Å²) in [5.41, 5.74) is 3.77. The number of aromatic amines is 1. The van der Waals surface area contributed by atoms with Crippen molar-refractivity contribution in [3.8, 4) is 5.69 Å². The Labute approximate surface area is 185 Å². The number of nitrogens with zero attached hydrogens (tertiary/aromatic N) is 4. The van der Waals surface area contributed by atoms with Gasteiger partial charge in [0, 0.05) is 30.5 Å². The van der Waals surface area contributed by atoms with Crippen molar-refractivity contribution in [2.45, 2.75) is 50.1 Å². The Morgan fingerprint density at radius 1 is 0.969 bits per heavy atom. The summed E-state index contributed by atoms with van der Waals surface area (Å²) in [6, 6.07) is 11.8. The van der Waals surface area contributed by atoms with E-state index >= 15 is 0 Å². The fourth-order valence-corrected chi connectivity index (χ4v) is 4.52. The summed E-state index contributed by atoms with van der Waals surface area (Å²) in [6.07, 6.45) is 11.1. The zero-order chi connectivity index (χ0) is 21.5. The molecule has 0 unspecified atom stereocenters.